The van der Waals surface area contributed by atoms with E-state index in [9.17, 15) is 0 Å². The minimum atomic E-state index is 0.250. The zero-order valence-electron chi connectivity index (χ0n) is 17.5. The van der Waals surface area contributed by atoms with Crippen molar-refractivity contribution in [3.05, 3.63) is 36.5 Å². The number of amides is 1. The number of nitrogens with zero attached hydrogens (tertiary/aromatic N) is 3. The molecule has 3 heterocycles. The fourth-order valence-corrected chi connectivity index (χ4v) is 3.42. The number of nitrogens with two attached hydrogens (primary N) is 2. The SMILES string of the molecule is NC=O.NCCOCCNc1nc(Nc2ccc(N3CCCC3)cc2)nc2[nH]ccc12. The number of primary amides is 1. The highest BCUT2D eigenvalue weighted by atomic mass is 16.5. The zero-order chi connectivity index (χ0) is 21.9. The molecule has 4 rings (SSSR count). The van der Waals surface area contributed by atoms with Crippen molar-refractivity contribution in [1.29, 1.82) is 0 Å². The summed E-state index contributed by atoms with van der Waals surface area (Å²) in [6.07, 6.45) is 4.66. The van der Waals surface area contributed by atoms with Gasteiger partial charge in [-0.05, 0) is 43.2 Å². The molecule has 7 N–H and O–H groups in total. The molecule has 1 fully saturated rings. The Balaban J connectivity index is 0.000000858. The lowest BCUT2D eigenvalue weighted by Crippen LogP contribution is -2.17. The molecule has 0 bridgehead atoms. The molecule has 10 heteroatoms. The molecule has 0 radical (unpaired) electrons. The molecule has 10 nitrogen and oxygen atoms in total. The largest absolute Gasteiger partial charge is 0.378 e. The number of H-pyrrole nitrogens is 1. The van der Waals surface area contributed by atoms with Crippen molar-refractivity contribution in [2.24, 2.45) is 11.5 Å². The molecule has 0 aliphatic carbocycles. The number of fused-ring (bicyclic) bond motifs is 1. The molecule has 1 aromatic carbocycles. The highest BCUT2D eigenvalue weighted by Gasteiger charge is 2.12. The van der Waals surface area contributed by atoms with Gasteiger partial charge in [0.2, 0.25) is 12.4 Å². The van der Waals surface area contributed by atoms with Crippen LogP contribution in [0.25, 0.3) is 11.0 Å². The molecule has 1 aliphatic heterocycles. The maximum atomic E-state index is 8.58. The number of rotatable bonds is 9. The molecule has 0 saturated carbocycles. The fraction of sp³-hybridized carbons (Fsp3) is 0.381. The van der Waals surface area contributed by atoms with Crippen molar-refractivity contribution < 1.29 is 9.53 Å². The van der Waals surface area contributed by atoms with E-state index in [2.05, 4.69) is 60.5 Å². The first-order valence-electron chi connectivity index (χ1n) is 10.4. The third-order valence-electron chi connectivity index (χ3n) is 4.81. The Hall–Kier alpha value is -3.37. The first-order valence-corrected chi connectivity index (χ1v) is 10.4. The Bertz CT molecular complexity index is 938. The van der Waals surface area contributed by atoms with Crippen LogP contribution in [0.3, 0.4) is 0 Å². The number of anilines is 4. The molecule has 1 amide bonds. The minimum Gasteiger partial charge on any atom is -0.378 e. The number of hydrogen-bond donors (Lipinski definition) is 5. The van der Waals surface area contributed by atoms with Crippen molar-refractivity contribution in [2.75, 3.05) is 54.9 Å². The first-order chi connectivity index (χ1) is 15.2. The summed E-state index contributed by atoms with van der Waals surface area (Å²) < 4.78 is 5.42. The Kier molecular flexibility index (Phi) is 8.44. The first kappa shape index (κ1) is 22.3. The molecule has 1 saturated heterocycles. The third-order valence-corrected chi connectivity index (χ3v) is 4.81. The van der Waals surface area contributed by atoms with E-state index in [0.29, 0.717) is 32.3 Å². The molecule has 1 aliphatic rings. The maximum absolute atomic E-state index is 8.58. The van der Waals surface area contributed by atoms with Crippen LogP contribution in [0.15, 0.2) is 36.5 Å². The Morgan fingerprint density at radius 1 is 1.13 bits per heavy atom. The van der Waals surface area contributed by atoms with E-state index in [1.807, 2.05) is 12.3 Å². The molecule has 0 atom stereocenters. The second-order valence-electron chi connectivity index (χ2n) is 6.97. The van der Waals surface area contributed by atoms with Gasteiger partial charge in [0.15, 0.2) is 0 Å². The minimum absolute atomic E-state index is 0.250. The highest BCUT2D eigenvalue weighted by Crippen LogP contribution is 2.25. The van der Waals surface area contributed by atoms with E-state index < -0.39 is 0 Å². The van der Waals surface area contributed by atoms with Gasteiger partial charge in [0.25, 0.3) is 0 Å². The van der Waals surface area contributed by atoms with Crippen LogP contribution in [0.2, 0.25) is 0 Å². The highest BCUT2D eigenvalue weighted by molar-refractivity contribution is 5.88. The zero-order valence-corrected chi connectivity index (χ0v) is 17.5. The molecule has 0 spiro atoms. The molecule has 0 unspecified atom stereocenters. The van der Waals surface area contributed by atoms with E-state index in [1.165, 1.54) is 18.5 Å². The number of aromatic nitrogens is 3. The lowest BCUT2D eigenvalue weighted by molar-refractivity contribution is -0.106. The van der Waals surface area contributed by atoms with E-state index in [0.717, 1.165) is 35.6 Å². The van der Waals surface area contributed by atoms with Gasteiger partial charge in [-0.1, -0.05) is 0 Å². The van der Waals surface area contributed by atoms with E-state index in [4.69, 9.17) is 15.3 Å². The summed E-state index contributed by atoms with van der Waals surface area (Å²) in [4.78, 5) is 23.4. The summed E-state index contributed by atoms with van der Waals surface area (Å²) >= 11 is 0. The Morgan fingerprint density at radius 2 is 1.87 bits per heavy atom. The van der Waals surface area contributed by atoms with Gasteiger partial charge in [-0.25, -0.2) is 0 Å². The molecular formula is C21H30N8O2. The normalized spacial score (nSPS) is 13.0. The van der Waals surface area contributed by atoms with Crippen molar-refractivity contribution in [2.45, 2.75) is 12.8 Å². The quantitative estimate of drug-likeness (QED) is 0.257. The molecular weight excluding hydrogens is 396 g/mol. The van der Waals surface area contributed by atoms with E-state index in [1.54, 1.807) is 0 Å². The number of carbonyl (C=O) groups is 1. The number of carbonyl (C=O) groups excluding carboxylic acids is 1. The lowest BCUT2D eigenvalue weighted by atomic mass is 10.2. The Morgan fingerprint density at radius 3 is 2.58 bits per heavy atom. The van der Waals surface area contributed by atoms with E-state index >= 15 is 0 Å². The van der Waals surface area contributed by atoms with Crippen LogP contribution in [-0.2, 0) is 9.53 Å². The molecule has 2 aromatic heterocycles. The fourth-order valence-electron chi connectivity index (χ4n) is 3.42. The number of ether oxygens (including phenoxy) is 1. The number of nitrogens with one attached hydrogen (secondary N) is 3. The van der Waals surface area contributed by atoms with Crippen LogP contribution in [-0.4, -0.2) is 60.8 Å². The molecule has 3 aromatic rings. The van der Waals surface area contributed by atoms with Crippen LogP contribution < -0.4 is 27.0 Å². The summed E-state index contributed by atoms with van der Waals surface area (Å²) in [7, 11) is 0. The smallest absolute Gasteiger partial charge is 0.231 e. The monoisotopic (exact) mass is 426 g/mol. The summed E-state index contributed by atoms with van der Waals surface area (Å²) in [6, 6.07) is 10.4. The van der Waals surface area contributed by atoms with Crippen LogP contribution in [0.4, 0.5) is 23.1 Å². The van der Waals surface area contributed by atoms with Gasteiger partial charge >= 0.3 is 0 Å². The van der Waals surface area contributed by atoms with Gasteiger partial charge in [-0.3, -0.25) is 4.79 Å². The van der Waals surface area contributed by atoms with Crippen molar-refractivity contribution in [3.63, 3.8) is 0 Å². The molecule has 166 valence electrons. The van der Waals surface area contributed by atoms with Gasteiger partial charge in [0, 0.05) is 43.8 Å². The van der Waals surface area contributed by atoms with Crippen LogP contribution in [0.5, 0.6) is 0 Å². The Labute approximate surface area is 181 Å². The summed E-state index contributed by atoms with van der Waals surface area (Å²) in [5.74, 6) is 1.33. The van der Waals surface area contributed by atoms with Crippen molar-refractivity contribution in [3.8, 4) is 0 Å². The van der Waals surface area contributed by atoms with Crippen LogP contribution >= 0.6 is 0 Å². The van der Waals surface area contributed by atoms with Crippen molar-refractivity contribution in [1.82, 2.24) is 15.0 Å². The summed E-state index contributed by atoms with van der Waals surface area (Å²) in [5.41, 5.74) is 12.6. The summed E-state index contributed by atoms with van der Waals surface area (Å²) in [6.45, 7) is 4.60. The second kappa shape index (κ2) is 11.7. The number of benzene rings is 1. The third kappa shape index (κ3) is 6.30. The van der Waals surface area contributed by atoms with Crippen LogP contribution in [0.1, 0.15) is 12.8 Å². The van der Waals surface area contributed by atoms with Gasteiger partial charge in [0.05, 0.1) is 18.6 Å². The van der Waals surface area contributed by atoms with Crippen molar-refractivity contribution >= 4 is 40.6 Å². The number of aromatic amines is 1. The van der Waals surface area contributed by atoms with Crippen LogP contribution in [0, 0.1) is 0 Å². The topological polar surface area (TPSA) is 147 Å². The average Bonchev–Trinajstić information content (AvgIpc) is 3.47. The maximum Gasteiger partial charge on any atom is 0.231 e. The average molecular weight is 427 g/mol. The summed E-state index contributed by atoms with van der Waals surface area (Å²) in [5, 5.41) is 7.58. The standard InChI is InChI=1S/C20H27N7O.CH3NO/c21-8-13-28-14-10-23-19-17-7-9-22-18(17)25-20(26-19)24-15-3-5-16(6-4-15)27-11-1-2-12-27;2-1-3/h3-7,9H,1-2,8,10-14,21H2,(H3,22,23,24,25,26);1H,(H2,2,3). The molecule has 31 heavy (non-hydrogen) atoms. The predicted octanol–water partition coefficient (Wildman–Crippen LogP) is 1.79. The van der Waals surface area contributed by atoms with Gasteiger partial charge in [-0.15, -0.1) is 0 Å². The number of hydrogen-bond acceptors (Lipinski definition) is 8. The second-order valence-corrected chi connectivity index (χ2v) is 6.97. The van der Waals surface area contributed by atoms with Gasteiger partial charge in [0.1, 0.15) is 11.5 Å². The van der Waals surface area contributed by atoms with Gasteiger partial charge in [-0.2, -0.15) is 9.97 Å². The van der Waals surface area contributed by atoms with Gasteiger partial charge < -0.3 is 36.7 Å². The van der Waals surface area contributed by atoms with E-state index in [-0.39, 0.29) is 6.41 Å². The lowest BCUT2D eigenvalue weighted by Gasteiger charge is -2.18. The predicted molar refractivity (Wildman–Crippen MR) is 124 cm³/mol.